The monoisotopic (exact) mass is 400 g/mol. The number of aromatic nitrogens is 2. The quantitative estimate of drug-likeness (QED) is 0.491. The molecule has 1 N–H and O–H groups in total. The van der Waals surface area contributed by atoms with Crippen molar-refractivity contribution in [3.8, 4) is 11.5 Å². The molecule has 0 aliphatic carbocycles. The number of hydrogen-bond acceptors (Lipinski definition) is 6. The Morgan fingerprint density at radius 1 is 0.900 bits per heavy atom. The highest BCUT2D eigenvalue weighted by Gasteiger charge is 2.18. The maximum absolute atomic E-state index is 12.8. The number of amides is 1. The number of nitrogens with one attached hydrogen (secondary N) is 1. The molecule has 4 aromatic rings. The zero-order valence-corrected chi connectivity index (χ0v) is 16.6. The first-order valence-electron chi connectivity index (χ1n) is 9.29. The lowest BCUT2D eigenvalue weighted by Gasteiger charge is -2.23. The van der Waals surface area contributed by atoms with Crippen molar-refractivity contribution in [2.24, 2.45) is 0 Å². The van der Waals surface area contributed by atoms with E-state index in [2.05, 4.69) is 15.4 Å². The molecule has 4 rings (SSSR count). The van der Waals surface area contributed by atoms with E-state index in [1.54, 1.807) is 43.6 Å². The van der Waals surface area contributed by atoms with Gasteiger partial charge in [-0.3, -0.25) is 10.2 Å². The van der Waals surface area contributed by atoms with Gasteiger partial charge < -0.3 is 9.47 Å². The number of nitrogens with zero attached hydrogens (tertiary/aromatic N) is 3. The van der Waals surface area contributed by atoms with E-state index in [0.29, 0.717) is 28.5 Å². The number of benzene rings is 3. The van der Waals surface area contributed by atoms with Crippen LogP contribution in [-0.4, -0.2) is 30.1 Å². The summed E-state index contributed by atoms with van der Waals surface area (Å²) in [6.45, 7) is 0. The molecule has 0 bridgehead atoms. The lowest BCUT2D eigenvalue weighted by Crippen LogP contribution is -2.40. The Morgan fingerprint density at radius 2 is 1.53 bits per heavy atom. The van der Waals surface area contributed by atoms with E-state index in [-0.39, 0.29) is 5.91 Å². The number of anilines is 2. The fourth-order valence-corrected chi connectivity index (χ4v) is 3.02. The fourth-order valence-electron chi connectivity index (χ4n) is 3.02. The summed E-state index contributed by atoms with van der Waals surface area (Å²) in [4.78, 5) is 21.9. The topological polar surface area (TPSA) is 76.6 Å². The van der Waals surface area contributed by atoms with E-state index in [0.717, 1.165) is 11.1 Å². The van der Waals surface area contributed by atoms with Crippen molar-refractivity contribution in [2.45, 2.75) is 0 Å². The van der Waals surface area contributed by atoms with Gasteiger partial charge in [-0.2, -0.15) is 0 Å². The second-order valence-corrected chi connectivity index (χ2v) is 6.41. The molecule has 0 saturated heterocycles. The molecule has 0 aliphatic rings. The molecular formula is C23H20N4O3. The number of para-hydroxylation sites is 1. The van der Waals surface area contributed by atoms with Gasteiger partial charge >= 0.3 is 0 Å². The molecule has 0 atom stereocenters. The van der Waals surface area contributed by atoms with Gasteiger partial charge in [0.05, 0.1) is 25.4 Å². The highest BCUT2D eigenvalue weighted by atomic mass is 16.5. The molecule has 7 nitrogen and oxygen atoms in total. The van der Waals surface area contributed by atoms with Crippen LogP contribution in [0.5, 0.6) is 11.5 Å². The third-order valence-corrected chi connectivity index (χ3v) is 4.54. The van der Waals surface area contributed by atoms with Gasteiger partial charge in [-0.05, 0) is 30.3 Å². The van der Waals surface area contributed by atoms with Crippen LogP contribution in [-0.2, 0) is 0 Å². The highest BCUT2D eigenvalue weighted by Crippen LogP contribution is 2.32. The standard InChI is InChI=1S/C23H20N4O3/c1-29-20-13-17-15-24-23(25-19(17)14-21(20)30-2)27(18-11-7-4-8-12-18)26-22(28)16-9-5-3-6-10-16/h3-15H,1-2H3,(H,26,28). The third kappa shape index (κ3) is 3.86. The molecule has 0 saturated carbocycles. The highest BCUT2D eigenvalue weighted by molar-refractivity contribution is 5.96. The Kier molecular flexibility index (Phi) is 5.43. The SMILES string of the molecule is COc1cc2cnc(N(NC(=O)c3ccccc3)c3ccccc3)nc2cc1OC. The van der Waals surface area contributed by atoms with E-state index in [4.69, 9.17) is 9.47 Å². The van der Waals surface area contributed by atoms with E-state index in [9.17, 15) is 4.79 Å². The molecule has 150 valence electrons. The average molecular weight is 400 g/mol. The van der Waals surface area contributed by atoms with E-state index < -0.39 is 0 Å². The number of carbonyl (C=O) groups excluding carboxylic acids is 1. The summed E-state index contributed by atoms with van der Waals surface area (Å²) >= 11 is 0. The van der Waals surface area contributed by atoms with Gasteiger partial charge in [-0.25, -0.2) is 15.0 Å². The second-order valence-electron chi connectivity index (χ2n) is 6.41. The third-order valence-electron chi connectivity index (χ3n) is 4.54. The summed E-state index contributed by atoms with van der Waals surface area (Å²) in [5.74, 6) is 1.22. The van der Waals surface area contributed by atoms with Gasteiger partial charge in [0.2, 0.25) is 5.95 Å². The Hall–Kier alpha value is -4.13. The minimum Gasteiger partial charge on any atom is -0.493 e. The Labute approximate surface area is 173 Å². The zero-order valence-electron chi connectivity index (χ0n) is 16.6. The zero-order chi connectivity index (χ0) is 20.9. The number of ether oxygens (including phenoxy) is 2. The predicted molar refractivity (Wildman–Crippen MR) is 115 cm³/mol. The van der Waals surface area contributed by atoms with Crippen LogP contribution >= 0.6 is 0 Å². The minimum absolute atomic E-state index is 0.268. The first kappa shape index (κ1) is 19.2. The molecule has 1 heterocycles. The molecule has 0 spiro atoms. The number of hydrogen-bond donors (Lipinski definition) is 1. The van der Waals surface area contributed by atoms with E-state index in [1.807, 2.05) is 54.6 Å². The van der Waals surface area contributed by atoms with Gasteiger partial charge in [-0.1, -0.05) is 36.4 Å². The van der Waals surface area contributed by atoms with Crippen molar-refractivity contribution in [3.05, 3.63) is 84.6 Å². The number of carbonyl (C=O) groups is 1. The molecular weight excluding hydrogens is 380 g/mol. The molecule has 7 heteroatoms. The summed E-state index contributed by atoms with van der Waals surface area (Å²) in [6.07, 6.45) is 1.68. The number of rotatable bonds is 6. The van der Waals surface area contributed by atoms with Gasteiger partial charge in [0, 0.05) is 23.2 Å². The lowest BCUT2D eigenvalue weighted by molar-refractivity contribution is 0.0953. The average Bonchev–Trinajstić information content (AvgIpc) is 2.82. The summed E-state index contributed by atoms with van der Waals surface area (Å²) in [5.41, 5.74) is 4.81. The smallest absolute Gasteiger partial charge is 0.270 e. The van der Waals surface area contributed by atoms with Crippen LogP contribution in [0, 0.1) is 0 Å². The normalized spacial score (nSPS) is 10.5. The summed E-state index contributed by atoms with van der Waals surface area (Å²) in [5, 5.41) is 2.35. The predicted octanol–water partition coefficient (Wildman–Crippen LogP) is 4.13. The van der Waals surface area contributed by atoms with Gasteiger partial charge in [-0.15, -0.1) is 0 Å². The van der Waals surface area contributed by atoms with Gasteiger partial charge in [0.25, 0.3) is 5.91 Å². The van der Waals surface area contributed by atoms with Crippen molar-refractivity contribution >= 4 is 28.4 Å². The lowest BCUT2D eigenvalue weighted by atomic mass is 10.2. The summed E-state index contributed by atoms with van der Waals surface area (Å²) in [7, 11) is 3.15. The van der Waals surface area contributed by atoms with Crippen LogP contribution < -0.4 is 19.9 Å². The largest absolute Gasteiger partial charge is 0.493 e. The second kappa shape index (κ2) is 8.48. The molecule has 3 aromatic carbocycles. The van der Waals surface area contributed by atoms with Gasteiger partial charge in [0.1, 0.15) is 0 Å². The van der Waals surface area contributed by atoms with Crippen LogP contribution in [0.1, 0.15) is 10.4 Å². The van der Waals surface area contributed by atoms with Crippen LogP contribution in [0.25, 0.3) is 10.9 Å². The maximum atomic E-state index is 12.8. The molecule has 0 aliphatic heterocycles. The first-order valence-corrected chi connectivity index (χ1v) is 9.29. The molecule has 0 fully saturated rings. The summed E-state index contributed by atoms with van der Waals surface area (Å²) in [6, 6.07) is 22.0. The number of fused-ring (bicyclic) bond motifs is 1. The first-order chi connectivity index (χ1) is 14.7. The van der Waals surface area contributed by atoms with Crippen LogP contribution in [0.15, 0.2) is 79.0 Å². The van der Waals surface area contributed by atoms with Crippen LogP contribution in [0.4, 0.5) is 11.6 Å². The van der Waals surface area contributed by atoms with Crippen molar-refractivity contribution in [3.63, 3.8) is 0 Å². The fraction of sp³-hybridized carbons (Fsp3) is 0.0870. The molecule has 0 radical (unpaired) electrons. The molecule has 30 heavy (non-hydrogen) atoms. The van der Waals surface area contributed by atoms with Crippen molar-refractivity contribution in [1.82, 2.24) is 15.4 Å². The number of methoxy groups -OCH3 is 2. The van der Waals surface area contributed by atoms with Crippen molar-refractivity contribution in [2.75, 3.05) is 19.2 Å². The van der Waals surface area contributed by atoms with Crippen molar-refractivity contribution in [1.29, 1.82) is 0 Å². The van der Waals surface area contributed by atoms with Crippen LogP contribution in [0.2, 0.25) is 0 Å². The summed E-state index contributed by atoms with van der Waals surface area (Å²) < 4.78 is 10.7. The van der Waals surface area contributed by atoms with Gasteiger partial charge in [0.15, 0.2) is 11.5 Å². The Morgan fingerprint density at radius 3 is 2.20 bits per heavy atom. The molecule has 1 aromatic heterocycles. The van der Waals surface area contributed by atoms with E-state index in [1.165, 1.54) is 0 Å². The van der Waals surface area contributed by atoms with Crippen molar-refractivity contribution < 1.29 is 14.3 Å². The molecule has 0 unspecified atom stereocenters. The molecule has 1 amide bonds. The Bertz CT molecular complexity index is 1170. The van der Waals surface area contributed by atoms with E-state index >= 15 is 0 Å². The Balaban J connectivity index is 1.76. The van der Waals surface area contributed by atoms with Crippen LogP contribution in [0.3, 0.4) is 0 Å². The number of hydrazine groups is 1. The minimum atomic E-state index is -0.268. The maximum Gasteiger partial charge on any atom is 0.270 e.